The molecule has 4 nitrogen and oxygen atoms in total. The van der Waals surface area contributed by atoms with Gasteiger partial charge in [0.1, 0.15) is 0 Å². The van der Waals surface area contributed by atoms with E-state index in [2.05, 4.69) is 24.1 Å². The molecule has 0 atom stereocenters. The number of nitrogens with one attached hydrogen (secondary N) is 1. The van der Waals surface area contributed by atoms with Gasteiger partial charge in [-0.3, -0.25) is 4.79 Å². The van der Waals surface area contributed by atoms with Crippen LogP contribution >= 0.6 is 0 Å². The summed E-state index contributed by atoms with van der Waals surface area (Å²) in [6, 6.07) is 11.6. The first-order valence-corrected chi connectivity index (χ1v) is 7.61. The molecule has 116 valence electrons. The Kier molecular flexibility index (Phi) is 5.53. The Morgan fingerprint density at radius 1 is 1.09 bits per heavy atom. The number of nitrogens with zero attached hydrogens (tertiary/aromatic N) is 1. The molecule has 1 N–H and O–H groups in total. The summed E-state index contributed by atoms with van der Waals surface area (Å²) in [5.74, 6) is 0.300. The third kappa shape index (κ3) is 4.07. The van der Waals surface area contributed by atoms with Gasteiger partial charge in [-0.15, -0.1) is 0 Å². The lowest BCUT2D eigenvalue weighted by molar-refractivity contribution is -0.118. The molecule has 0 spiro atoms. The van der Waals surface area contributed by atoms with Gasteiger partial charge in [-0.05, 0) is 37.0 Å². The first-order chi connectivity index (χ1) is 10.6. The maximum absolute atomic E-state index is 12.1. The number of carbonyl (C=O) groups excluding carboxylic acids is 1. The fourth-order valence-electron chi connectivity index (χ4n) is 2.32. The quantitative estimate of drug-likeness (QED) is 0.887. The van der Waals surface area contributed by atoms with Crippen LogP contribution in [0.25, 0.3) is 0 Å². The van der Waals surface area contributed by atoms with Gasteiger partial charge in [0.25, 0.3) is 5.91 Å². The fourth-order valence-corrected chi connectivity index (χ4v) is 2.32. The number of hydrogen-bond acceptors (Lipinski definition) is 3. The molecule has 1 heterocycles. The van der Waals surface area contributed by atoms with E-state index in [-0.39, 0.29) is 12.5 Å². The van der Waals surface area contributed by atoms with Gasteiger partial charge in [0.15, 0.2) is 6.61 Å². The SMILES string of the molecule is CCc1cccc(CC)c1NC(=O)COc1cccc(C)n1. The smallest absolute Gasteiger partial charge is 0.262 e. The Morgan fingerprint density at radius 3 is 2.32 bits per heavy atom. The molecule has 0 aliphatic rings. The second-order valence-electron chi connectivity index (χ2n) is 5.11. The molecule has 0 saturated carbocycles. The van der Waals surface area contributed by atoms with Crippen molar-refractivity contribution in [1.29, 1.82) is 0 Å². The van der Waals surface area contributed by atoms with Gasteiger partial charge in [-0.1, -0.05) is 38.1 Å². The molecule has 1 aromatic heterocycles. The zero-order valence-corrected chi connectivity index (χ0v) is 13.3. The lowest BCUT2D eigenvalue weighted by atomic mass is 10.0. The van der Waals surface area contributed by atoms with Gasteiger partial charge in [0, 0.05) is 17.4 Å². The molecule has 1 aromatic carbocycles. The van der Waals surface area contributed by atoms with Crippen molar-refractivity contribution in [3.05, 3.63) is 53.2 Å². The zero-order valence-electron chi connectivity index (χ0n) is 13.3. The van der Waals surface area contributed by atoms with E-state index in [1.807, 2.05) is 37.3 Å². The molecule has 2 aromatic rings. The van der Waals surface area contributed by atoms with Crippen LogP contribution in [0.1, 0.15) is 30.7 Å². The summed E-state index contributed by atoms with van der Waals surface area (Å²) < 4.78 is 5.44. The van der Waals surface area contributed by atoms with Gasteiger partial charge in [0.05, 0.1) is 0 Å². The van der Waals surface area contributed by atoms with Crippen LogP contribution in [0, 0.1) is 6.92 Å². The minimum atomic E-state index is -0.168. The lowest BCUT2D eigenvalue weighted by Gasteiger charge is -2.14. The van der Waals surface area contributed by atoms with Crippen molar-refractivity contribution in [2.45, 2.75) is 33.6 Å². The molecule has 0 fully saturated rings. The summed E-state index contributed by atoms with van der Waals surface area (Å²) in [7, 11) is 0. The van der Waals surface area contributed by atoms with Crippen molar-refractivity contribution in [3.63, 3.8) is 0 Å². The number of para-hydroxylation sites is 1. The van der Waals surface area contributed by atoms with Crippen molar-refractivity contribution >= 4 is 11.6 Å². The molecule has 0 aliphatic carbocycles. The van der Waals surface area contributed by atoms with Crippen molar-refractivity contribution in [3.8, 4) is 5.88 Å². The monoisotopic (exact) mass is 298 g/mol. The number of aromatic nitrogens is 1. The van der Waals surface area contributed by atoms with Crippen LogP contribution < -0.4 is 10.1 Å². The zero-order chi connectivity index (χ0) is 15.9. The number of carbonyl (C=O) groups is 1. The minimum Gasteiger partial charge on any atom is -0.468 e. The van der Waals surface area contributed by atoms with E-state index in [4.69, 9.17) is 4.74 Å². The highest BCUT2D eigenvalue weighted by molar-refractivity contribution is 5.93. The van der Waals surface area contributed by atoms with Crippen molar-refractivity contribution in [1.82, 2.24) is 4.98 Å². The Hall–Kier alpha value is -2.36. The second-order valence-corrected chi connectivity index (χ2v) is 5.11. The van der Waals surface area contributed by atoms with Crippen molar-refractivity contribution in [2.24, 2.45) is 0 Å². The van der Waals surface area contributed by atoms with Crippen molar-refractivity contribution in [2.75, 3.05) is 11.9 Å². The van der Waals surface area contributed by atoms with Crippen LogP contribution in [0.5, 0.6) is 5.88 Å². The molecule has 0 unspecified atom stereocenters. The summed E-state index contributed by atoms with van der Waals surface area (Å²) in [4.78, 5) is 16.4. The highest BCUT2D eigenvalue weighted by Crippen LogP contribution is 2.22. The number of amides is 1. The number of anilines is 1. The van der Waals surface area contributed by atoms with Crippen LogP contribution in [0.15, 0.2) is 36.4 Å². The molecule has 1 amide bonds. The van der Waals surface area contributed by atoms with E-state index in [0.29, 0.717) is 5.88 Å². The van der Waals surface area contributed by atoms with E-state index in [9.17, 15) is 4.79 Å². The standard InChI is InChI=1S/C18H22N2O2/c1-4-14-9-7-10-15(5-2)18(14)20-16(21)12-22-17-11-6-8-13(3)19-17/h6-11H,4-5,12H2,1-3H3,(H,20,21). The van der Waals surface area contributed by atoms with Crippen LogP contribution in [-0.2, 0) is 17.6 Å². The summed E-state index contributed by atoms with van der Waals surface area (Å²) in [5, 5.41) is 2.97. The Morgan fingerprint density at radius 2 is 1.73 bits per heavy atom. The lowest BCUT2D eigenvalue weighted by Crippen LogP contribution is -2.22. The molecule has 0 aliphatic heterocycles. The molecule has 22 heavy (non-hydrogen) atoms. The maximum Gasteiger partial charge on any atom is 0.262 e. The Balaban J connectivity index is 2.03. The summed E-state index contributed by atoms with van der Waals surface area (Å²) >= 11 is 0. The number of ether oxygens (including phenoxy) is 1. The van der Waals surface area contributed by atoms with E-state index in [1.165, 1.54) is 0 Å². The third-order valence-electron chi connectivity index (χ3n) is 3.48. The number of rotatable bonds is 6. The molecule has 0 bridgehead atoms. The first kappa shape index (κ1) is 16.0. The third-order valence-corrected chi connectivity index (χ3v) is 3.48. The molecule has 0 radical (unpaired) electrons. The normalized spacial score (nSPS) is 10.3. The molecular weight excluding hydrogens is 276 g/mol. The molecule has 2 rings (SSSR count). The number of pyridine rings is 1. The van der Waals surface area contributed by atoms with Gasteiger partial charge in [-0.25, -0.2) is 4.98 Å². The summed E-state index contributed by atoms with van der Waals surface area (Å²) in [6.07, 6.45) is 1.76. The largest absolute Gasteiger partial charge is 0.468 e. The number of aryl methyl sites for hydroxylation is 3. The average Bonchev–Trinajstić information content (AvgIpc) is 2.53. The summed E-state index contributed by atoms with van der Waals surface area (Å²) in [5.41, 5.74) is 4.06. The summed E-state index contributed by atoms with van der Waals surface area (Å²) in [6.45, 7) is 6.00. The highest BCUT2D eigenvalue weighted by atomic mass is 16.5. The van der Waals surface area contributed by atoms with Gasteiger partial charge in [0.2, 0.25) is 5.88 Å². The predicted octanol–water partition coefficient (Wildman–Crippen LogP) is 3.53. The molecular formula is C18H22N2O2. The van der Waals surface area contributed by atoms with E-state index in [0.717, 1.165) is 35.3 Å². The second kappa shape index (κ2) is 7.59. The minimum absolute atomic E-state index is 0.0440. The first-order valence-electron chi connectivity index (χ1n) is 7.61. The van der Waals surface area contributed by atoms with Crippen LogP contribution in [-0.4, -0.2) is 17.5 Å². The average molecular weight is 298 g/mol. The van der Waals surface area contributed by atoms with E-state index < -0.39 is 0 Å². The van der Waals surface area contributed by atoms with E-state index >= 15 is 0 Å². The molecule has 0 saturated heterocycles. The Labute approximate surface area is 131 Å². The maximum atomic E-state index is 12.1. The predicted molar refractivity (Wildman–Crippen MR) is 88.3 cm³/mol. The van der Waals surface area contributed by atoms with E-state index in [1.54, 1.807) is 6.07 Å². The number of hydrogen-bond donors (Lipinski definition) is 1. The fraction of sp³-hybridized carbons (Fsp3) is 0.333. The van der Waals surface area contributed by atoms with Crippen LogP contribution in [0.3, 0.4) is 0 Å². The van der Waals surface area contributed by atoms with Gasteiger partial charge in [-0.2, -0.15) is 0 Å². The topological polar surface area (TPSA) is 51.2 Å². The highest BCUT2D eigenvalue weighted by Gasteiger charge is 2.10. The number of benzene rings is 1. The van der Waals surface area contributed by atoms with Crippen LogP contribution in [0.2, 0.25) is 0 Å². The van der Waals surface area contributed by atoms with Crippen molar-refractivity contribution < 1.29 is 9.53 Å². The Bertz CT molecular complexity index is 631. The van der Waals surface area contributed by atoms with Crippen LogP contribution in [0.4, 0.5) is 5.69 Å². The van der Waals surface area contributed by atoms with Gasteiger partial charge >= 0.3 is 0 Å². The molecule has 4 heteroatoms. The van der Waals surface area contributed by atoms with Gasteiger partial charge < -0.3 is 10.1 Å².